The van der Waals surface area contributed by atoms with E-state index >= 15 is 0 Å². The first-order valence-corrected chi connectivity index (χ1v) is 11.8. The van der Waals surface area contributed by atoms with Gasteiger partial charge in [-0.05, 0) is 42.8 Å². The number of aryl methyl sites for hydroxylation is 1. The number of benzene rings is 2. The van der Waals surface area contributed by atoms with Crippen molar-refractivity contribution in [3.05, 3.63) is 90.0 Å². The van der Waals surface area contributed by atoms with Crippen molar-refractivity contribution in [1.29, 1.82) is 0 Å². The van der Waals surface area contributed by atoms with Crippen LogP contribution in [0.1, 0.15) is 17.7 Å². The van der Waals surface area contributed by atoms with Gasteiger partial charge in [-0.3, -0.25) is 19.8 Å². The molecule has 188 valence electrons. The summed E-state index contributed by atoms with van der Waals surface area (Å²) < 4.78 is 18.4. The molecule has 2 aromatic carbocycles. The molecule has 1 aliphatic heterocycles. The van der Waals surface area contributed by atoms with Crippen molar-refractivity contribution in [2.45, 2.75) is 19.5 Å². The molecule has 1 N–H and O–H groups in total. The third-order valence-corrected chi connectivity index (χ3v) is 6.05. The minimum Gasteiger partial charge on any atom is -0.497 e. The number of urea groups is 1. The van der Waals surface area contributed by atoms with Gasteiger partial charge in [-0.15, -0.1) is 0 Å². The largest absolute Gasteiger partial charge is 0.497 e. The number of para-hydroxylation sites is 1. The monoisotopic (exact) mass is 499 g/mol. The SMILES string of the molecule is COc1cccc(OCCCn2cc(C=C3C(=O)NC(=O)N(Cc4ccco4)C3=O)c3ccccc32)c1. The van der Waals surface area contributed by atoms with Gasteiger partial charge in [-0.2, -0.15) is 0 Å². The summed E-state index contributed by atoms with van der Waals surface area (Å²) in [5.41, 5.74) is 1.55. The molecular formula is C28H25N3O6. The van der Waals surface area contributed by atoms with Crippen LogP contribution < -0.4 is 14.8 Å². The summed E-state index contributed by atoms with van der Waals surface area (Å²) >= 11 is 0. The van der Waals surface area contributed by atoms with Crippen LogP contribution in [-0.4, -0.2) is 41.0 Å². The topological polar surface area (TPSA) is 103 Å². The predicted molar refractivity (Wildman–Crippen MR) is 136 cm³/mol. The Labute approximate surface area is 212 Å². The molecule has 2 aromatic heterocycles. The number of amides is 4. The molecule has 5 rings (SSSR count). The van der Waals surface area contributed by atoms with E-state index in [0.29, 0.717) is 24.5 Å². The third kappa shape index (κ3) is 5.11. The van der Waals surface area contributed by atoms with Crippen LogP contribution in [0.2, 0.25) is 0 Å². The van der Waals surface area contributed by atoms with E-state index < -0.39 is 17.8 Å². The molecule has 4 amide bonds. The van der Waals surface area contributed by atoms with Crippen molar-refractivity contribution in [2.75, 3.05) is 13.7 Å². The zero-order valence-corrected chi connectivity index (χ0v) is 20.2. The average molecular weight is 500 g/mol. The fourth-order valence-electron chi connectivity index (χ4n) is 4.24. The Balaban J connectivity index is 1.35. The van der Waals surface area contributed by atoms with Gasteiger partial charge < -0.3 is 18.5 Å². The molecular weight excluding hydrogens is 474 g/mol. The predicted octanol–water partition coefficient (Wildman–Crippen LogP) is 4.37. The van der Waals surface area contributed by atoms with E-state index in [1.165, 1.54) is 12.3 Å². The first-order chi connectivity index (χ1) is 18.0. The summed E-state index contributed by atoms with van der Waals surface area (Å²) in [4.78, 5) is 39.0. The molecule has 37 heavy (non-hydrogen) atoms. The maximum absolute atomic E-state index is 13.1. The van der Waals surface area contributed by atoms with Gasteiger partial charge in [-0.1, -0.05) is 24.3 Å². The number of fused-ring (bicyclic) bond motifs is 1. The molecule has 0 saturated carbocycles. The molecule has 0 bridgehead atoms. The summed E-state index contributed by atoms with van der Waals surface area (Å²) in [6, 6.07) is 17.7. The Morgan fingerprint density at radius 3 is 2.65 bits per heavy atom. The van der Waals surface area contributed by atoms with Crippen molar-refractivity contribution in [2.24, 2.45) is 0 Å². The third-order valence-electron chi connectivity index (χ3n) is 6.05. The molecule has 0 aliphatic carbocycles. The number of nitrogens with one attached hydrogen (secondary N) is 1. The molecule has 0 spiro atoms. The van der Waals surface area contributed by atoms with Gasteiger partial charge in [0.05, 0.1) is 26.5 Å². The van der Waals surface area contributed by atoms with Gasteiger partial charge in [0.15, 0.2) is 0 Å². The highest BCUT2D eigenvalue weighted by Gasteiger charge is 2.36. The van der Waals surface area contributed by atoms with E-state index in [-0.39, 0.29) is 12.1 Å². The van der Waals surface area contributed by atoms with Crippen LogP contribution in [0.3, 0.4) is 0 Å². The lowest BCUT2D eigenvalue weighted by Gasteiger charge is -2.25. The Hall–Kier alpha value is -4.79. The number of hydrogen-bond acceptors (Lipinski definition) is 6. The minimum absolute atomic E-state index is 0.0721. The van der Waals surface area contributed by atoms with Crippen molar-refractivity contribution >= 4 is 34.8 Å². The summed E-state index contributed by atoms with van der Waals surface area (Å²) in [6.45, 7) is 1.09. The minimum atomic E-state index is -0.776. The van der Waals surface area contributed by atoms with Crippen molar-refractivity contribution < 1.29 is 28.3 Å². The van der Waals surface area contributed by atoms with Crippen LogP contribution in [0.5, 0.6) is 11.5 Å². The number of carbonyl (C=O) groups excluding carboxylic acids is 3. The first-order valence-electron chi connectivity index (χ1n) is 11.8. The van der Waals surface area contributed by atoms with Crippen LogP contribution in [0, 0.1) is 0 Å². The molecule has 0 radical (unpaired) electrons. The molecule has 9 nitrogen and oxygen atoms in total. The Morgan fingerprint density at radius 1 is 1.00 bits per heavy atom. The number of hydrogen-bond donors (Lipinski definition) is 1. The quantitative estimate of drug-likeness (QED) is 0.208. The maximum Gasteiger partial charge on any atom is 0.331 e. The van der Waals surface area contributed by atoms with Crippen molar-refractivity contribution in [1.82, 2.24) is 14.8 Å². The zero-order chi connectivity index (χ0) is 25.8. The number of methoxy groups -OCH3 is 1. The van der Waals surface area contributed by atoms with E-state index in [4.69, 9.17) is 13.9 Å². The van der Waals surface area contributed by atoms with Gasteiger partial charge in [0.2, 0.25) is 0 Å². The van der Waals surface area contributed by atoms with Gasteiger partial charge in [0.1, 0.15) is 22.8 Å². The van der Waals surface area contributed by atoms with Gasteiger partial charge >= 0.3 is 6.03 Å². The summed E-state index contributed by atoms with van der Waals surface area (Å²) in [6.07, 6.45) is 5.62. The van der Waals surface area contributed by atoms with E-state index in [1.54, 1.807) is 19.2 Å². The fourth-order valence-corrected chi connectivity index (χ4v) is 4.24. The molecule has 4 aromatic rings. The molecule has 0 unspecified atom stereocenters. The van der Waals surface area contributed by atoms with Crippen LogP contribution in [-0.2, 0) is 22.7 Å². The lowest BCUT2D eigenvalue weighted by molar-refractivity contribution is -0.130. The molecule has 1 fully saturated rings. The van der Waals surface area contributed by atoms with Crippen molar-refractivity contribution in [3.8, 4) is 11.5 Å². The van der Waals surface area contributed by atoms with Gasteiger partial charge in [0, 0.05) is 35.3 Å². The molecule has 0 atom stereocenters. The number of furan rings is 1. The van der Waals surface area contributed by atoms with Gasteiger partial charge in [-0.25, -0.2) is 4.79 Å². The maximum atomic E-state index is 13.1. The number of rotatable bonds is 9. The van der Waals surface area contributed by atoms with Crippen LogP contribution in [0.15, 0.2) is 83.1 Å². The fraction of sp³-hybridized carbons (Fsp3) is 0.179. The number of aromatic nitrogens is 1. The van der Waals surface area contributed by atoms with E-state index in [0.717, 1.165) is 33.7 Å². The number of imide groups is 2. The molecule has 9 heteroatoms. The second-order valence-corrected chi connectivity index (χ2v) is 8.46. The second kappa shape index (κ2) is 10.4. The number of barbiturate groups is 1. The normalized spacial score (nSPS) is 14.9. The number of nitrogens with zero attached hydrogens (tertiary/aromatic N) is 2. The number of carbonyl (C=O) groups is 3. The Morgan fingerprint density at radius 2 is 1.84 bits per heavy atom. The van der Waals surface area contributed by atoms with Crippen molar-refractivity contribution in [3.63, 3.8) is 0 Å². The summed E-state index contributed by atoms with van der Waals surface area (Å²) in [7, 11) is 1.61. The zero-order valence-electron chi connectivity index (χ0n) is 20.2. The highest BCUT2D eigenvalue weighted by molar-refractivity contribution is 6.31. The number of ether oxygens (including phenoxy) is 2. The Bertz CT molecular complexity index is 1480. The first kappa shape index (κ1) is 23.9. The van der Waals surface area contributed by atoms with Crippen LogP contribution in [0.25, 0.3) is 17.0 Å². The summed E-state index contributed by atoms with van der Waals surface area (Å²) in [5, 5.41) is 3.14. The van der Waals surface area contributed by atoms with Gasteiger partial charge in [0.25, 0.3) is 11.8 Å². The highest BCUT2D eigenvalue weighted by atomic mass is 16.5. The molecule has 1 aliphatic rings. The van der Waals surface area contributed by atoms with E-state index in [1.807, 2.05) is 54.7 Å². The highest BCUT2D eigenvalue weighted by Crippen LogP contribution is 2.26. The summed E-state index contributed by atoms with van der Waals surface area (Å²) in [5.74, 6) is 0.503. The van der Waals surface area contributed by atoms with Crippen LogP contribution in [0.4, 0.5) is 4.79 Å². The van der Waals surface area contributed by atoms with Crippen LogP contribution >= 0.6 is 0 Å². The van der Waals surface area contributed by atoms with E-state index in [2.05, 4.69) is 9.88 Å². The second-order valence-electron chi connectivity index (χ2n) is 8.46. The average Bonchev–Trinajstić information content (AvgIpc) is 3.55. The smallest absolute Gasteiger partial charge is 0.331 e. The molecule has 1 saturated heterocycles. The lowest BCUT2D eigenvalue weighted by Crippen LogP contribution is -2.53. The Kier molecular flexibility index (Phi) is 6.76. The van der Waals surface area contributed by atoms with E-state index in [9.17, 15) is 14.4 Å². The lowest BCUT2D eigenvalue weighted by atomic mass is 10.1. The molecule has 3 heterocycles. The standard InChI is InChI=1S/C28H25N3O6/c1-35-20-7-4-8-21(16-20)36-14-6-12-30-17-19(23-10-2-3-11-25(23)30)15-24-26(32)29-28(34)31(27(24)33)18-22-9-5-13-37-22/h2-5,7-11,13,15-17H,6,12,14,18H2,1H3,(H,29,32,34).